The zero-order chi connectivity index (χ0) is 10.9. The standard InChI is InChI=1S/C13H27NO/c1-12(11-13-7-3-4-8-13)14-9-5-6-10-15-2/h12-14H,3-11H2,1-2H3. The summed E-state index contributed by atoms with van der Waals surface area (Å²) in [7, 11) is 1.77. The first-order valence-corrected chi connectivity index (χ1v) is 6.55. The van der Waals surface area contributed by atoms with Gasteiger partial charge in [-0.15, -0.1) is 0 Å². The quantitative estimate of drug-likeness (QED) is 0.626. The molecular weight excluding hydrogens is 186 g/mol. The van der Waals surface area contributed by atoms with Crippen LogP contribution in [0, 0.1) is 5.92 Å². The fourth-order valence-electron chi connectivity index (χ4n) is 2.55. The Morgan fingerprint density at radius 3 is 2.67 bits per heavy atom. The maximum Gasteiger partial charge on any atom is 0.0462 e. The highest BCUT2D eigenvalue weighted by Crippen LogP contribution is 2.28. The van der Waals surface area contributed by atoms with Crippen molar-refractivity contribution in [3.8, 4) is 0 Å². The van der Waals surface area contributed by atoms with Gasteiger partial charge in [0.2, 0.25) is 0 Å². The van der Waals surface area contributed by atoms with Crippen LogP contribution in [0.4, 0.5) is 0 Å². The Morgan fingerprint density at radius 2 is 2.00 bits per heavy atom. The van der Waals surface area contributed by atoms with Crippen LogP contribution in [0.1, 0.15) is 51.9 Å². The Hall–Kier alpha value is -0.0800. The van der Waals surface area contributed by atoms with E-state index in [1.54, 1.807) is 7.11 Å². The Labute approximate surface area is 94.8 Å². The van der Waals surface area contributed by atoms with Gasteiger partial charge in [-0.05, 0) is 38.6 Å². The third kappa shape index (κ3) is 6.16. The minimum absolute atomic E-state index is 0.704. The zero-order valence-electron chi connectivity index (χ0n) is 10.4. The molecule has 1 saturated carbocycles. The van der Waals surface area contributed by atoms with E-state index in [4.69, 9.17) is 4.74 Å². The first-order chi connectivity index (χ1) is 7.33. The van der Waals surface area contributed by atoms with Gasteiger partial charge in [-0.2, -0.15) is 0 Å². The predicted molar refractivity (Wildman–Crippen MR) is 65.1 cm³/mol. The van der Waals surface area contributed by atoms with Crippen LogP contribution in [-0.4, -0.2) is 26.3 Å². The Kier molecular flexibility index (Phi) is 7.03. The molecule has 0 spiro atoms. The molecule has 0 aliphatic heterocycles. The number of hydrogen-bond donors (Lipinski definition) is 1. The van der Waals surface area contributed by atoms with Crippen LogP contribution in [0.25, 0.3) is 0 Å². The van der Waals surface area contributed by atoms with Gasteiger partial charge >= 0.3 is 0 Å². The molecule has 0 aromatic carbocycles. The molecule has 2 heteroatoms. The second-order valence-corrected chi connectivity index (χ2v) is 4.94. The first-order valence-electron chi connectivity index (χ1n) is 6.55. The first kappa shape index (κ1) is 13.0. The molecule has 1 aliphatic rings. The van der Waals surface area contributed by atoms with E-state index in [1.165, 1.54) is 44.9 Å². The summed E-state index contributed by atoms with van der Waals surface area (Å²) in [5, 5.41) is 3.61. The average molecular weight is 213 g/mol. The summed E-state index contributed by atoms with van der Waals surface area (Å²) in [5.41, 5.74) is 0. The van der Waals surface area contributed by atoms with Crippen molar-refractivity contribution in [3.05, 3.63) is 0 Å². The Balaban J connectivity index is 1.91. The number of nitrogens with one attached hydrogen (secondary N) is 1. The molecule has 0 bridgehead atoms. The third-order valence-corrected chi connectivity index (χ3v) is 3.43. The van der Waals surface area contributed by atoms with E-state index in [9.17, 15) is 0 Å². The zero-order valence-corrected chi connectivity index (χ0v) is 10.4. The molecule has 1 unspecified atom stereocenters. The van der Waals surface area contributed by atoms with Gasteiger partial charge in [0, 0.05) is 19.8 Å². The molecule has 1 rings (SSSR count). The minimum atomic E-state index is 0.704. The van der Waals surface area contributed by atoms with Crippen LogP contribution in [0.15, 0.2) is 0 Å². The summed E-state index contributed by atoms with van der Waals surface area (Å²) in [4.78, 5) is 0. The fraction of sp³-hybridized carbons (Fsp3) is 1.00. The summed E-state index contributed by atoms with van der Waals surface area (Å²) in [5.74, 6) is 1.01. The van der Waals surface area contributed by atoms with Crippen molar-refractivity contribution < 1.29 is 4.74 Å². The van der Waals surface area contributed by atoms with Crippen molar-refractivity contribution in [1.29, 1.82) is 0 Å². The fourth-order valence-corrected chi connectivity index (χ4v) is 2.55. The van der Waals surface area contributed by atoms with Crippen molar-refractivity contribution in [2.24, 2.45) is 5.92 Å². The number of rotatable bonds is 8. The van der Waals surface area contributed by atoms with Crippen LogP contribution in [0.5, 0.6) is 0 Å². The van der Waals surface area contributed by atoms with Gasteiger partial charge in [-0.25, -0.2) is 0 Å². The number of unbranched alkanes of at least 4 members (excludes halogenated alkanes) is 1. The van der Waals surface area contributed by atoms with Crippen molar-refractivity contribution in [2.45, 2.75) is 57.9 Å². The van der Waals surface area contributed by atoms with Crippen LogP contribution >= 0.6 is 0 Å². The molecule has 0 aromatic heterocycles. The van der Waals surface area contributed by atoms with Crippen molar-refractivity contribution in [2.75, 3.05) is 20.3 Å². The van der Waals surface area contributed by atoms with E-state index in [-0.39, 0.29) is 0 Å². The molecule has 0 heterocycles. The molecule has 0 radical (unpaired) electrons. The lowest BCUT2D eigenvalue weighted by molar-refractivity contribution is 0.192. The monoisotopic (exact) mass is 213 g/mol. The molecule has 1 atom stereocenters. The normalized spacial score (nSPS) is 19.6. The van der Waals surface area contributed by atoms with E-state index < -0.39 is 0 Å². The smallest absolute Gasteiger partial charge is 0.0462 e. The Morgan fingerprint density at radius 1 is 1.27 bits per heavy atom. The number of hydrogen-bond acceptors (Lipinski definition) is 2. The highest BCUT2D eigenvalue weighted by Gasteiger charge is 2.17. The van der Waals surface area contributed by atoms with E-state index >= 15 is 0 Å². The molecule has 0 saturated heterocycles. The van der Waals surface area contributed by atoms with Crippen LogP contribution in [-0.2, 0) is 4.74 Å². The summed E-state index contributed by atoms with van der Waals surface area (Å²) < 4.78 is 5.03. The topological polar surface area (TPSA) is 21.3 Å². The van der Waals surface area contributed by atoms with Crippen molar-refractivity contribution in [3.63, 3.8) is 0 Å². The van der Waals surface area contributed by atoms with Gasteiger partial charge in [0.25, 0.3) is 0 Å². The lowest BCUT2D eigenvalue weighted by atomic mass is 9.99. The second kappa shape index (κ2) is 8.12. The highest BCUT2D eigenvalue weighted by molar-refractivity contribution is 4.72. The molecular formula is C13H27NO. The molecule has 1 fully saturated rings. The van der Waals surface area contributed by atoms with Crippen molar-refractivity contribution >= 4 is 0 Å². The van der Waals surface area contributed by atoms with E-state index in [0.717, 1.165) is 19.1 Å². The molecule has 1 N–H and O–H groups in total. The molecule has 0 amide bonds. The van der Waals surface area contributed by atoms with E-state index in [1.807, 2.05) is 0 Å². The van der Waals surface area contributed by atoms with Gasteiger partial charge in [0.15, 0.2) is 0 Å². The van der Waals surface area contributed by atoms with Gasteiger partial charge in [-0.1, -0.05) is 25.7 Å². The largest absolute Gasteiger partial charge is 0.385 e. The van der Waals surface area contributed by atoms with Crippen molar-refractivity contribution in [1.82, 2.24) is 5.32 Å². The molecule has 15 heavy (non-hydrogen) atoms. The summed E-state index contributed by atoms with van der Waals surface area (Å²) >= 11 is 0. The third-order valence-electron chi connectivity index (χ3n) is 3.43. The maximum absolute atomic E-state index is 5.03. The second-order valence-electron chi connectivity index (χ2n) is 4.94. The van der Waals surface area contributed by atoms with Gasteiger partial charge in [0.1, 0.15) is 0 Å². The lowest BCUT2D eigenvalue weighted by Crippen LogP contribution is -2.28. The SMILES string of the molecule is COCCCCNC(C)CC1CCCC1. The van der Waals surface area contributed by atoms with E-state index in [2.05, 4.69) is 12.2 Å². The Bertz CT molecular complexity index is 143. The maximum atomic E-state index is 5.03. The average Bonchev–Trinajstić information content (AvgIpc) is 2.70. The minimum Gasteiger partial charge on any atom is -0.385 e. The van der Waals surface area contributed by atoms with E-state index in [0.29, 0.717) is 6.04 Å². The summed E-state index contributed by atoms with van der Waals surface area (Å²) in [6.45, 7) is 4.38. The van der Waals surface area contributed by atoms with Crippen LogP contribution in [0.2, 0.25) is 0 Å². The van der Waals surface area contributed by atoms with Gasteiger partial charge < -0.3 is 10.1 Å². The van der Waals surface area contributed by atoms with Crippen LogP contribution < -0.4 is 5.32 Å². The molecule has 0 aromatic rings. The highest BCUT2D eigenvalue weighted by atomic mass is 16.5. The summed E-state index contributed by atoms with van der Waals surface area (Å²) in [6, 6.07) is 0.704. The number of methoxy groups -OCH3 is 1. The van der Waals surface area contributed by atoms with Gasteiger partial charge in [0.05, 0.1) is 0 Å². The lowest BCUT2D eigenvalue weighted by Gasteiger charge is -2.17. The molecule has 1 aliphatic carbocycles. The molecule has 2 nitrogen and oxygen atoms in total. The molecule has 90 valence electrons. The number of ether oxygens (including phenoxy) is 1. The summed E-state index contributed by atoms with van der Waals surface area (Å²) in [6.07, 6.45) is 9.66. The van der Waals surface area contributed by atoms with Crippen LogP contribution in [0.3, 0.4) is 0 Å². The van der Waals surface area contributed by atoms with Gasteiger partial charge in [-0.3, -0.25) is 0 Å². The predicted octanol–water partition coefficient (Wildman–Crippen LogP) is 2.97.